The van der Waals surface area contributed by atoms with Gasteiger partial charge in [-0.1, -0.05) is 13.0 Å². The van der Waals surface area contributed by atoms with Crippen LogP contribution in [0.5, 0.6) is 0 Å². The van der Waals surface area contributed by atoms with E-state index in [1.165, 1.54) is 4.52 Å². The third-order valence-electron chi connectivity index (χ3n) is 5.18. The molecule has 164 valence electrons. The van der Waals surface area contributed by atoms with E-state index in [1.54, 1.807) is 23.1 Å². The van der Waals surface area contributed by atoms with Crippen molar-refractivity contribution in [3.8, 4) is 6.07 Å². The molecule has 31 heavy (non-hydrogen) atoms. The average Bonchev–Trinajstić information content (AvgIpc) is 3.05. The first-order valence-electron chi connectivity index (χ1n) is 10.2. The second kappa shape index (κ2) is 9.75. The number of rotatable bonds is 9. The Morgan fingerprint density at radius 2 is 2.16 bits per heavy atom. The van der Waals surface area contributed by atoms with Crippen LogP contribution in [-0.2, 0) is 30.2 Å². The van der Waals surface area contributed by atoms with E-state index in [2.05, 4.69) is 21.5 Å². The minimum atomic E-state index is -0.869. The van der Waals surface area contributed by atoms with Crippen LogP contribution in [-0.4, -0.2) is 41.9 Å². The van der Waals surface area contributed by atoms with E-state index in [4.69, 9.17) is 5.73 Å². The van der Waals surface area contributed by atoms with Crippen molar-refractivity contribution >= 4 is 28.1 Å². The van der Waals surface area contributed by atoms with Crippen LogP contribution < -0.4 is 16.6 Å². The van der Waals surface area contributed by atoms with Gasteiger partial charge < -0.3 is 15.6 Å². The lowest BCUT2D eigenvalue weighted by Crippen LogP contribution is -2.25. The van der Waals surface area contributed by atoms with Gasteiger partial charge in [0, 0.05) is 53.2 Å². The third kappa shape index (κ3) is 4.77. The van der Waals surface area contributed by atoms with Gasteiger partial charge in [0.2, 0.25) is 0 Å². The van der Waals surface area contributed by atoms with Gasteiger partial charge in [0.05, 0.1) is 5.69 Å². The van der Waals surface area contributed by atoms with E-state index in [1.807, 2.05) is 19.9 Å². The number of nitrogens with one attached hydrogen (secondary N) is 1. The highest BCUT2D eigenvalue weighted by Crippen LogP contribution is 2.24. The van der Waals surface area contributed by atoms with Gasteiger partial charge in [-0.15, -0.1) is 0 Å². The number of pyridine rings is 1. The van der Waals surface area contributed by atoms with Gasteiger partial charge in [0.15, 0.2) is 5.65 Å². The number of hydrogen-bond donors (Lipinski definition) is 2. The van der Waals surface area contributed by atoms with Crippen LogP contribution in [0.4, 0.5) is 11.6 Å². The molecule has 0 spiro atoms. The number of hydrogen-bond acceptors (Lipinski definition) is 7. The van der Waals surface area contributed by atoms with Crippen molar-refractivity contribution in [3.05, 3.63) is 51.1 Å². The van der Waals surface area contributed by atoms with Crippen molar-refractivity contribution < 1.29 is 4.21 Å². The van der Waals surface area contributed by atoms with Gasteiger partial charge in [-0.05, 0) is 32.3 Å². The van der Waals surface area contributed by atoms with Gasteiger partial charge >= 0.3 is 0 Å². The topological polar surface area (TPSA) is 131 Å². The zero-order valence-electron chi connectivity index (χ0n) is 18.0. The molecule has 1 atom stereocenters. The molecular formula is C21H27N7O2S. The summed E-state index contributed by atoms with van der Waals surface area (Å²) in [7, 11) is -0.869. The fourth-order valence-corrected chi connectivity index (χ4v) is 4.11. The first-order chi connectivity index (χ1) is 14.9. The third-order valence-corrected chi connectivity index (χ3v) is 6.04. The summed E-state index contributed by atoms with van der Waals surface area (Å²) in [6.07, 6.45) is 5.31. The molecule has 10 heteroatoms. The van der Waals surface area contributed by atoms with Crippen molar-refractivity contribution in [2.45, 2.75) is 39.7 Å². The lowest BCUT2D eigenvalue weighted by molar-refractivity contribution is 0.640. The maximum Gasteiger partial charge on any atom is 0.253 e. The summed E-state index contributed by atoms with van der Waals surface area (Å²) >= 11 is 0. The first-order valence-corrected chi connectivity index (χ1v) is 11.9. The summed E-state index contributed by atoms with van der Waals surface area (Å²) in [5, 5.41) is 17.2. The van der Waals surface area contributed by atoms with Gasteiger partial charge in [0.1, 0.15) is 23.3 Å². The maximum atomic E-state index is 12.7. The molecule has 9 nitrogen and oxygen atoms in total. The van der Waals surface area contributed by atoms with E-state index in [0.717, 1.165) is 17.7 Å². The Hall–Kier alpha value is -3.19. The van der Waals surface area contributed by atoms with Crippen molar-refractivity contribution in [1.82, 2.24) is 19.2 Å². The Morgan fingerprint density at radius 3 is 2.84 bits per heavy atom. The molecule has 3 rings (SSSR count). The maximum absolute atomic E-state index is 12.7. The van der Waals surface area contributed by atoms with Gasteiger partial charge in [0.25, 0.3) is 5.56 Å². The molecule has 0 bridgehead atoms. The normalized spacial score (nSPS) is 12.1. The number of nitrogens with two attached hydrogens (primary N) is 1. The van der Waals surface area contributed by atoms with Gasteiger partial charge in [-0.2, -0.15) is 14.9 Å². The molecule has 0 radical (unpaired) electrons. The largest absolute Gasteiger partial charge is 0.382 e. The minimum Gasteiger partial charge on any atom is -0.382 e. The van der Waals surface area contributed by atoms with E-state index in [0.29, 0.717) is 48.7 Å². The number of nitrogen functional groups attached to an aromatic ring is 1. The highest BCUT2D eigenvalue weighted by atomic mass is 32.2. The van der Waals surface area contributed by atoms with E-state index >= 15 is 0 Å². The summed E-state index contributed by atoms with van der Waals surface area (Å²) in [4.78, 5) is 17.3. The average molecular weight is 442 g/mol. The lowest BCUT2D eigenvalue weighted by Gasteiger charge is -2.11. The Balaban J connectivity index is 1.78. The Kier molecular flexibility index (Phi) is 7.07. The molecule has 0 aliphatic carbocycles. The number of aryl methyl sites for hydroxylation is 3. The molecule has 3 aromatic heterocycles. The molecule has 0 aliphatic heterocycles. The molecule has 0 saturated carbocycles. The Labute approximate surface area is 183 Å². The van der Waals surface area contributed by atoms with Gasteiger partial charge in [-0.25, -0.2) is 4.98 Å². The monoisotopic (exact) mass is 441 g/mol. The quantitative estimate of drug-likeness (QED) is 0.516. The highest BCUT2D eigenvalue weighted by Gasteiger charge is 2.18. The minimum absolute atomic E-state index is 0.0608. The molecule has 0 amide bonds. The van der Waals surface area contributed by atoms with Gasteiger partial charge in [-0.3, -0.25) is 9.00 Å². The number of nitrogens with zero attached hydrogens (tertiary/aromatic N) is 5. The van der Waals surface area contributed by atoms with Crippen molar-refractivity contribution in [1.29, 1.82) is 5.26 Å². The summed E-state index contributed by atoms with van der Waals surface area (Å²) in [6.45, 7) is 4.87. The second-order valence-corrected chi connectivity index (χ2v) is 8.88. The van der Waals surface area contributed by atoms with Crippen LogP contribution >= 0.6 is 0 Å². The predicted molar refractivity (Wildman–Crippen MR) is 123 cm³/mol. The molecule has 0 saturated heterocycles. The summed E-state index contributed by atoms with van der Waals surface area (Å²) in [5.74, 6) is 1.20. The SMILES string of the molecule is CCc1c(C)nn2c(N)c(C#N)c(NCCc3cccn(CCCS(C)=O)c3=O)nc12. The van der Waals surface area contributed by atoms with Crippen molar-refractivity contribution in [2.24, 2.45) is 0 Å². The molecule has 3 N–H and O–H groups in total. The number of anilines is 2. The molecule has 0 aromatic carbocycles. The molecule has 0 aliphatic rings. The van der Waals surface area contributed by atoms with Crippen LogP contribution in [0.15, 0.2) is 23.1 Å². The first kappa shape index (κ1) is 22.5. The standard InChI is InChI=1S/C21H27N7O2S/c1-4-16-14(2)26-28-18(23)17(13-22)19(25-20(16)28)24-9-8-15-7-5-10-27(21(15)29)11-6-12-31(3)30/h5,7,10H,4,6,8-9,11-12,23H2,1-3H3,(H,24,25). The number of fused-ring (bicyclic) bond motifs is 1. The lowest BCUT2D eigenvalue weighted by atomic mass is 10.2. The highest BCUT2D eigenvalue weighted by molar-refractivity contribution is 7.84. The zero-order valence-corrected chi connectivity index (χ0v) is 18.8. The molecule has 1 unspecified atom stereocenters. The molecule has 3 aromatic rings. The van der Waals surface area contributed by atoms with Crippen LogP contribution in [0.3, 0.4) is 0 Å². The predicted octanol–water partition coefficient (Wildman–Crippen LogP) is 1.64. The fraction of sp³-hybridized carbons (Fsp3) is 0.429. The van der Waals surface area contributed by atoms with E-state index in [9.17, 15) is 14.3 Å². The summed E-state index contributed by atoms with van der Waals surface area (Å²) < 4.78 is 14.4. The fourth-order valence-electron chi connectivity index (χ4n) is 3.58. The molecule has 0 fully saturated rings. The summed E-state index contributed by atoms with van der Waals surface area (Å²) in [6, 6.07) is 5.74. The van der Waals surface area contributed by atoms with Crippen molar-refractivity contribution in [2.75, 3.05) is 29.6 Å². The smallest absolute Gasteiger partial charge is 0.253 e. The Bertz CT molecular complexity index is 1220. The molecular weight excluding hydrogens is 414 g/mol. The van der Waals surface area contributed by atoms with E-state index < -0.39 is 10.8 Å². The number of aromatic nitrogens is 4. The van der Waals surface area contributed by atoms with Crippen LogP contribution in [0.2, 0.25) is 0 Å². The van der Waals surface area contributed by atoms with E-state index in [-0.39, 0.29) is 16.9 Å². The van der Waals surface area contributed by atoms with Crippen LogP contribution in [0.25, 0.3) is 5.65 Å². The second-order valence-electron chi connectivity index (χ2n) is 7.33. The van der Waals surface area contributed by atoms with Crippen LogP contribution in [0, 0.1) is 18.3 Å². The number of nitriles is 1. The Morgan fingerprint density at radius 1 is 1.39 bits per heavy atom. The van der Waals surface area contributed by atoms with Crippen LogP contribution in [0.1, 0.15) is 35.7 Å². The summed E-state index contributed by atoms with van der Waals surface area (Å²) in [5.41, 5.74) is 9.47. The molecule has 3 heterocycles. The zero-order chi connectivity index (χ0) is 22.5. The van der Waals surface area contributed by atoms with Crippen molar-refractivity contribution in [3.63, 3.8) is 0 Å².